The Morgan fingerprint density at radius 2 is 2.26 bits per heavy atom. The molecular weight excluding hydrogens is 266 g/mol. The van der Waals surface area contributed by atoms with Gasteiger partial charge in [-0.3, -0.25) is 4.79 Å². The van der Waals surface area contributed by atoms with E-state index in [1.807, 2.05) is 24.4 Å². The number of amides is 1. The summed E-state index contributed by atoms with van der Waals surface area (Å²) in [7, 11) is 0. The van der Waals surface area contributed by atoms with Crippen LogP contribution in [0.2, 0.25) is 0 Å². The smallest absolute Gasteiger partial charge is 0.338 e. The van der Waals surface area contributed by atoms with Gasteiger partial charge in [0, 0.05) is 17.5 Å². The highest BCUT2D eigenvalue weighted by molar-refractivity contribution is 7.09. The molecule has 0 aliphatic carbocycles. The molecule has 0 saturated heterocycles. The topological polar surface area (TPSA) is 70.8 Å². The third kappa shape index (κ3) is 3.03. The molecule has 1 amide bonds. The summed E-state index contributed by atoms with van der Waals surface area (Å²) >= 11 is 1.57. The maximum Gasteiger partial charge on any atom is 0.338 e. The fourth-order valence-electron chi connectivity index (χ4n) is 1.63. The summed E-state index contributed by atoms with van der Waals surface area (Å²) in [5.74, 6) is -1.36. The Morgan fingerprint density at radius 1 is 1.47 bits per heavy atom. The summed E-state index contributed by atoms with van der Waals surface area (Å²) in [6.45, 7) is 2.89. The second-order valence-electron chi connectivity index (χ2n) is 3.90. The van der Waals surface area contributed by atoms with E-state index < -0.39 is 5.97 Å². The monoisotopic (exact) mass is 279 g/mol. The summed E-state index contributed by atoms with van der Waals surface area (Å²) in [4.78, 5) is 25.6. The number of carboxylic acid groups (broad SMARTS) is 1. The van der Waals surface area contributed by atoms with Crippen LogP contribution in [0.3, 0.4) is 0 Å². The second-order valence-corrected chi connectivity index (χ2v) is 4.94. The molecule has 19 heavy (non-hydrogen) atoms. The second kappa shape index (κ2) is 5.71. The van der Waals surface area contributed by atoms with E-state index in [1.165, 1.54) is 6.07 Å². The van der Waals surface area contributed by atoms with Crippen molar-refractivity contribution >= 4 is 23.2 Å². The van der Waals surface area contributed by atoms with E-state index in [-0.39, 0.29) is 17.2 Å². The predicted molar refractivity (Wildman–Crippen MR) is 70.4 cm³/mol. The number of nitrogens with zero attached hydrogens (tertiary/aromatic N) is 1. The molecule has 0 aliphatic rings. The lowest BCUT2D eigenvalue weighted by molar-refractivity contribution is 0.0693. The van der Waals surface area contributed by atoms with Crippen LogP contribution in [0.5, 0.6) is 0 Å². The molecule has 5 nitrogen and oxygen atoms in total. The van der Waals surface area contributed by atoms with Crippen molar-refractivity contribution in [2.45, 2.75) is 13.5 Å². The molecule has 2 aromatic heterocycles. The van der Waals surface area contributed by atoms with Gasteiger partial charge in [-0.05, 0) is 18.4 Å². The van der Waals surface area contributed by atoms with Crippen LogP contribution in [0, 0.1) is 0 Å². The Hall–Kier alpha value is -2.08. The average molecular weight is 279 g/mol. The molecule has 0 unspecified atom stereocenters. The Kier molecular flexibility index (Phi) is 4.01. The van der Waals surface area contributed by atoms with Gasteiger partial charge in [-0.2, -0.15) is 0 Å². The molecule has 0 aliphatic heterocycles. The molecule has 2 aromatic rings. The van der Waals surface area contributed by atoms with Gasteiger partial charge in [-0.25, -0.2) is 4.79 Å². The van der Waals surface area contributed by atoms with E-state index in [0.717, 1.165) is 11.1 Å². The first-order chi connectivity index (χ1) is 9.11. The Bertz CT molecular complexity index is 573. The van der Waals surface area contributed by atoms with Crippen molar-refractivity contribution in [1.82, 2.24) is 4.90 Å². The third-order valence-corrected chi connectivity index (χ3v) is 3.51. The molecule has 100 valence electrons. The molecule has 0 radical (unpaired) electrons. The van der Waals surface area contributed by atoms with E-state index in [9.17, 15) is 9.59 Å². The standard InChI is InChI=1S/C13H13NO4S/c1-2-14(7-10-4-3-5-19-10)12(15)11-6-9(8-18-11)13(16)17/h3-6,8H,2,7H2,1H3,(H,16,17). The van der Waals surface area contributed by atoms with Crippen LogP contribution in [0.15, 0.2) is 34.3 Å². The molecule has 0 spiro atoms. The summed E-state index contributed by atoms with van der Waals surface area (Å²) in [5.41, 5.74) is -0.0180. The first-order valence-electron chi connectivity index (χ1n) is 5.75. The lowest BCUT2D eigenvalue weighted by Gasteiger charge is -2.18. The third-order valence-electron chi connectivity index (χ3n) is 2.65. The van der Waals surface area contributed by atoms with Gasteiger partial charge < -0.3 is 14.4 Å². The van der Waals surface area contributed by atoms with Crippen molar-refractivity contribution in [3.8, 4) is 0 Å². The lowest BCUT2D eigenvalue weighted by atomic mass is 10.3. The van der Waals surface area contributed by atoms with Crippen molar-refractivity contribution in [3.05, 3.63) is 46.0 Å². The summed E-state index contributed by atoms with van der Waals surface area (Å²) in [5, 5.41) is 10.7. The van der Waals surface area contributed by atoms with Crippen LogP contribution in [0.25, 0.3) is 0 Å². The maximum absolute atomic E-state index is 12.2. The Labute approximate surface area is 114 Å². The van der Waals surface area contributed by atoms with Crippen molar-refractivity contribution in [3.63, 3.8) is 0 Å². The van der Waals surface area contributed by atoms with Crippen LogP contribution in [-0.2, 0) is 6.54 Å². The number of thiophene rings is 1. The van der Waals surface area contributed by atoms with Crippen LogP contribution in [0.1, 0.15) is 32.7 Å². The van der Waals surface area contributed by atoms with Gasteiger partial charge in [0.05, 0.1) is 12.1 Å². The van der Waals surface area contributed by atoms with Crippen LogP contribution in [0.4, 0.5) is 0 Å². The van der Waals surface area contributed by atoms with E-state index in [1.54, 1.807) is 16.2 Å². The molecular formula is C13H13NO4S. The van der Waals surface area contributed by atoms with E-state index >= 15 is 0 Å². The van der Waals surface area contributed by atoms with Gasteiger partial charge >= 0.3 is 5.97 Å². The fourth-order valence-corrected chi connectivity index (χ4v) is 2.35. The highest BCUT2D eigenvalue weighted by Gasteiger charge is 2.20. The number of furan rings is 1. The zero-order chi connectivity index (χ0) is 13.8. The molecule has 2 heterocycles. The largest absolute Gasteiger partial charge is 0.478 e. The van der Waals surface area contributed by atoms with Crippen molar-refractivity contribution < 1.29 is 19.1 Å². The molecule has 1 N–H and O–H groups in total. The van der Waals surface area contributed by atoms with Gasteiger partial charge in [0.15, 0.2) is 5.76 Å². The van der Waals surface area contributed by atoms with Gasteiger partial charge in [0.1, 0.15) is 6.26 Å². The number of hydrogen-bond acceptors (Lipinski definition) is 4. The van der Waals surface area contributed by atoms with Crippen LogP contribution in [-0.4, -0.2) is 28.4 Å². The van der Waals surface area contributed by atoms with Gasteiger partial charge in [0.2, 0.25) is 0 Å². The Morgan fingerprint density at radius 3 is 2.79 bits per heavy atom. The number of carbonyl (C=O) groups excluding carboxylic acids is 1. The average Bonchev–Trinajstić information content (AvgIpc) is 3.06. The molecule has 6 heteroatoms. The minimum Gasteiger partial charge on any atom is -0.478 e. The minimum atomic E-state index is -1.11. The van der Waals surface area contributed by atoms with E-state index in [0.29, 0.717) is 13.1 Å². The summed E-state index contributed by atoms with van der Waals surface area (Å²) in [6.07, 6.45) is 1.08. The molecule has 0 fully saturated rings. The lowest BCUT2D eigenvalue weighted by Crippen LogP contribution is -2.29. The quantitative estimate of drug-likeness (QED) is 0.913. The maximum atomic E-state index is 12.2. The highest BCUT2D eigenvalue weighted by atomic mass is 32.1. The minimum absolute atomic E-state index is 0.0180. The van der Waals surface area contributed by atoms with Crippen LogP contribution < -0.4 is 0 Å². The number of hydrogen-bond donors (Lipinski definition) is 1. The molecule has 0 aromatic carbocycles. The highest BCUT2D eigenvalue weighted by Crippen LogP contribution is 2.16. The molecule has 0 atom stereocenters. The molecule has 2 rings (SSSR count). The summed E-state index contributed by atoms with van der Waals surface area (Å²) < 4.78 is 5.02. The first-order valence-corrected chi connectivity index (χ1v) is 6.63. The number of aromatic carboxylic acids is 1. The van der Waals surface area contributed by atoms with Crippen molar-refractivity contribution in [1.29, 1.82) is 0 Å². The zero-order valence-corrected chi connectivity index (χ0v) is 11.1. The zero-order valence-electron chi connectivity index (χ0n) is 10.3. The number of carboxylic acids is 1. The van der Waals surface area contributed by atoms with Gasteiger partial charge in [-0.1, -0.05) is 6.07 Å². The van der Waals surface area contributed by atoms with Crippen LogP contribution >= 0.6 is 11.3 Å². The molecule has 0 bridgehead atoms. The van der Waals surface area contributed by atoms with E-state index in [2.05, 4.69) is 0 Å². The number of rotatable bonds is 5. The first kappa shape index (κ1) is 13.4. The fraction of sp³-hybridized carbons (Fsp3) is 0.231. The Balaban J connectivity index is 2.13. The van der Waals surface area contributed by atoms with Gasteiger partial charge in [-0.15, -0.1) is 11.3 Å². The van der Waals surface area contributed by atoms with Crippen molar-refractivity contribution in [2.75, 3.05) is 6.54 Å². The molecule has 0 saturated carbocycles. The predicted octanol–water partition coefficient (Wildman–Crippen LogP) is 2.70. The van der Waals surface area contributed by atoms with E-state index in [4.69, 9.17) is 9.52 Å². The number of carbonyl (C=O) groups is 2. The normalized spacial score (nSPS) is 10.4. The van der Waals surface area contributed by atoms with Crippen molar-refractivity contribution in [2.24, 2.45) is 0 Å². The SMILES string of the molecule is CCN(Cc1cccs1)C(=O)c1cc(C(=O)O)co1. The summed E-state index contributed by atoms with van der Waals surface area (Å²) in [6, 6.07) is 5.13. The van der Waals surface area contributed by atoms with Gasteiger partial charge in [0.25, 0.3) is 5.91 Å².